The first-order chi connectivity index (χ1) is 8.85. The molecule has 4 nitrogen and oxygen atoms in total. The SMILES string of the molecule is Cc1noc(C)c1Cn1ccc(CNC(C)(C)C)c1. The molecule has 0 spiro atoms. The van der Waals surface area contributed by atoms with E-state index in [9.17, 15) is 0 Å². The van der Waals surface area contributed by atoms with E-state index in [4.69, 9.17) is 4.52 Å². The van der Waals surface area contributed by atoms with E-state index in [1.165, 1.54) is 11.1 Å². The molecule has 2 aromatic heterocycles. The summed E-state index contributed by atoms with van der Waals surface area (Å²) in [4.78, 5) is 0. The molecule has 0 bridgehead atoms. The van der Waals surface area contributed by atoms with Crippen LogP contribution in [0.15, 0.2) is 23.0 Å². The van der Waals surface area contributed by atoms with Crippen molar-refractivity contribution in [3.05, 3.63) is 41.0 Å². The molecule has 0 fully saturated rings. The van der Waals surface area contributed by atoms with Crippen molar-refractivity contribution in [3.63, 3.8) is 0 Å². The van der Waals surface area contributed by atoms with Gasteiger partial charge in [-0.1, -0.05) is 5.16 Å². The standard InChI is InChI=1S/C15H23N3O/c1-11-14(12(2)19-17-11)10-18-7-6-13(9-18)8-16-15(3,4)5/h6-7,9,16H,8,10H2,1-5H3. The second-order valence-electron chi connectivity index (χ2n) is 6.10. The van der Waals surface area contributed by atoms with E-state index < -0.39 is 0 Å². The zero-order valence-electron chi connectivity index (χ0n) is 12.4. The van der Waals surface area contributed by atoms with Crippen molar-refractivity contribution in [1.82, 2.24) is 15.0 Å². The zero-order valence-corrected chi connectivity index (χ0v) is 12.4. The molecule has 0 saturated carbocycles. The topological polar surface area (TPSA) is 43.0 Å². The summed E-state index contributed by atoms with van der Waals surface area (Å²) in [5.41, 5.74) is 3.58. The van der Waals surface area contributed by atoms with Gasteiger partial charge in [0.1, 0.15) is 5.76 Å². The predicted octanol–water partition coefficient (Wildman–Crippen LogP) is 3.03. The Bertz CT molecular complexity index is 526. The molecule has 0 atom stereocenters. The maximum atomic E-state index is 5.19. The van der Waals surface area contributed by atoms with Crippen LogP contribution in [-0.2, 0) is 13.1 Å². The van der Waals surface area contributed by atoms with Gasteiger partial charge in [0.25, 0.3) is 0 Å². The second-order valence-corrected chi connectivity index (χ2v) is 6.10. The highest BCUT2D eigenvalue weighted by Gasteiger charge is 2.11. The first-order valence-corrected chi connectivity index (χ1v) is 6.66. The van der Waals surface area contributed by atoms with Crippen molar-refractivity contribution >= 4 is 0 Å². The molecule has 0 aromatic carbocycles. The monoisotopic (exact) mass is 261 g/mol. The molecule has 0 radical (unpaired) electrons. The summed E-state index contributed by atoms with van der Waals surface area (Å²) < 4.78 is 7.36. The van der Waals surface area contributed by atoms with E-state index in [1.807, 2.05) is 13.8 Å². The Morgan fingerprint density at radius 1 is 1.32 bits per heavy atom. The number of hydrogen-bond acceptors (Lipinski definition) is 3. The van der Waals surface area contributed by atoms with Crippen molar-refractivity contribution in [1.29, 1.82) is 0 Å². The van der Waals surface area contributed by atoms with Gasteiger partial charge >= 0.3 is 0 Å². The molecule has 2 rings (SSSR count). The molecule has 0 unspecified atom stereocenters. The van der Waals surface area contributed by atoms with Gasteiger partial charge in [-0.15, -0.1) is 0 Å². The minimum absolute atomic E-state index is 0.143. The van der Waals surface area contributed by atoms with Crippen molar-refractivity contribution in [2.24, 2.45) is 0 Å². The van der Waals surface area contributed by atoms with Gasteiger partial charge in [0.05, 0.1) is 12.2 Å². The molecule has 0 aliphatic heterocycles. The number of rotatable bonds is 4. The average molecular weight is 261 g/mol. The summed E-state index contributed by atoms with van der Waals surface area (Å²) in [5.74, 6) is 0.903. The minimum atomic E-state index is 0.143. The largest absolute Gasteiger partial charge is 0.361 e. The summed E-state index contributed by atoms with van der Waals surface area (Å²) in [7, 11) is 0. The Labute approximate surface area is 114 Å². The second kappa shape index (κ2) is 5.21. The fraction of sp³-hybridized carbons (Fsp3) is 0.533. The van der Waals surface area contributed by atoms with Crippen LogP contribution in [-0.4, -0.2) is 15.3 Å². The Hall–Kier alpha value is -1.55. The van der Waals surface area contributed by atoms with Gasteiger partial charge in [0, 0.05) is 30.0 Å². The first kappa shape index (κ1) is 13.9. The lowest BCUT2D eigenvalue weighted by atomic mass is 10.1. The third kappa shape index (κ3) is 3.70. The molecule has 19 heavy (non-hydrogen) atoms. The van der Waals surface area contributed by atoms with Gasteiger partial charge in [-0.2, -0.15) is 0 Å². The van der Waals surface area contributed by atoms with E-state index in [2.05, 4.69) is 54.3 Å². The lowest BCUT2D eigenvalue weighted by Gasteiger charge is -2.19. The molecule has 2 aromatic rings. The smallest absolute Gasteiger partial charge is 0.138 e. The lowest BCUT2D eigenvalue weighted by molar-refractivity contribution is 0.392. The molecule has 4 heteroatoms. The van der Waals surface area contributed by atoms with Crippen LogP contribution in [0.4, 0.5) is 0 Å². The highest BCUT2D eigenvalue weighted by Crippen LogP contribution is 2.15. The number of hydrogen-bond donors (Lipinski definition) is 1. The zero-order chi connectivity index (χ0) is 14.0. The van der Waals surface area contributed by atoms with Crippen LogP contribution in [0.5, 0.6) is 0 Å². The molecular weight excluding hydrogens is 238 g/mol. The average Bonchev–Trinajstić information content (AvgIpc) is 2.88. The Balaban J connectivity index is 2.02. The van der Waals surface area contributed by atoms with Crippen LogP contribution in [0, 0.1) is 13.8 Å². The lowest BCUT2D eigenvalue weighted by Crippen LogP contribution is -2.34. The van der Waals surface area contributed by atoms with E-state index in [1.54, 1.807) is 0 Å². The van der Waals surface area contributed by atoms with E-state index in [0.29, 0.717) is 0 Å². The fourth-order valence-electron chi connectivity index (χ4n) is 1.97. The number of nitrogens with zero attached hydrogens (tertiary/aromatic N) is 2. The number of aryl methyl sites for hydroxylation is 2. The molecule has 1 N–H and O–H groups in total. The maximum absolute atomic E-state index is 5.19. The summed E-state index contributed by atoms with van der Waals surface area (Å²) >= 11 is 0. The van der Waals surface area contributed by atoms with Crippen LogP contribution in [0.2, 0.25) is 0 Å². The van der Waals surface area contributed by atoms with Crippen molar-refractivity contribution in [2.45, 2.75) is 53.2 Å². The summed E-state index contributed by atoms with van der Waals surface area (Å²) in [5, 5.41) is 7.48. The van der Waals surface area contributed by atoms with Gasteiger partial charge in [-0.3, -0.25) is 0 Å². The van der Waals surface area contributed by atoms with Crippen LogP contribution in [0.1, 0.15) is 43.4 Å². The molecule has 0 saturated heterocycles. The van der Waals surface area contributed by atoms with Gasteiger partial charge in [-0.05, 0) is 46.2 Å². The summed E-state index contributed by atoms with van der Waals surface area (Å²) in [6.07, 6.45) is 4.27. The third-order valence-corrected chi connectivity index (χ3v) is 3.16. The highest BCUT2D eigenvalue weighted by molar-refractivity contribution is 5.22. The Morgan fingerprint density at radius 3 is 2.63 bits per heavy atom. The highest BCUT2D eigenvalue weighted by atomic mass is 16.5. The molecule has 0 aliphatic rings. The molecule has 104 valence electrons. The molecule has 2 heterocycles. The summed E-state index contributed by atoms with van der Waals surface area (Å²) in [6.45, 7) is 12.2. The van der Waals surface area contributed by atoms with E-state index in [-0.39, 0.29) is 5.54 Å². The normalized spacial score (nSPS) is 12.1. The van der Waals surface area contributed by atoms with Crippen molar-refractivity contribution in [3.8, 4) is 0 Å². The first-order valence-electron chi connectivity index (χ1n) is 6.66. The Kier molecular flexibility index (Phi) is 3.80. The van der Waals surface area contributed by atoms with Gasteiger partial charge < -0.3 is 14.4 Å². The number of nitrogens with one attached hydrogen (secondary N) is 1. The van der Waals surface area contributed by atoms with E-state index in [0.717, 1.165) is 24.5 Å². The predicted molar refractivity (Wildman–Crippen MR) is 76.1 cm³/mol. The fourth-order valence-corrected chi connectivity index (χ4v) is 1.97. The molecule has 0 aliphatic carbocycles. The van der Waals surface area contributed by atoms with E-state index >= 15 is 0 Å². The van der Waals surface area contributed by atoms with Crippen molar-refractivity contribution < 1.29 is 4.52 Å². The van der Waals surface area contributed by atoms with Crippen LogP contribution < -0.4 is 5.32 Å². The van der Waals surface area contributed by atoms with Crippen LogP contribution in [0.25, 0.3) is 0 Å². The Morgan fingerprint density at radius 2 is 2.05 bits per heavy atom. The molecular formula is C15H23N3O. The third-order valence-electron chi connectivity index (χ3n) is 3.16. The minimum Gasteiger partial charge on any atom is -0.361 e. The van der Waals surface area contributed by atoms with Gasteiger partial charge in [0.15, 0.2) is 0 Å². The quantitative estimate of drug-likeness (QED) is 0.920. The van der Waals surface area contributed by atoms with Crippen molar-refractivity contribution in [2.75, 3.05) is 0 Å². The maximum Gasteiger partial charge on any atom is 0.138 e. The van der Waals surface area contributed by atoms with Gasteiger partial charge in [0.2, 0.25) is 0 Å². The van der Waals surface area contributed by atoms with Gasteiger partial charge in [-0.25, -0.2) is 0 Å². The van der Waals surface area contributed by atoms with Crippen LogP contribution in [0.3, 0.4) is 0 Å². The summed E-state index contributed by atoms with van der Waals surface area (Å²) in [6, 6.07) is 2.15. The molecule has 0 amide bonds. The number of aromatic nitrogens is 2. The van der Waals surface area contributed by atoms with Crippen LogP contribution >= 0.6 is 0 Å².